The van der Waals surface area contributed by atoms with Crippen LogP contribution < -0.4 is 10.1 Å². The highest BCUT2D eigenvalue weighted by molar-refractivity contribution is 5.89. The number of amides is 1. The molecular weight excluding hydrogens is 419 g/mol. The van der Waals surface area contributed by atoms with Crippen LogP contribution in [0.25, 0.3) is 11.1 Å². The highest BCUT2D eigenvalue weighted by Gasteiger charge is 2.51. The quantitative estimate of drug-likeness (QED) is 0.722. The van der Waals surface area contributed by atoms with Crippen LogP contribution in [-0.4, -0.2) is 40.5 Å². The molecule has 0 radical (unpaired) electrons. The largest absolute Gasteiger partial charge is 0.486 e. The first-order valence-electron chi connectivity index (χ1n) is 10.8. The van der Waals surface area contributed by atoms with E-state index < -0.39 is 22.9 Å². The maximum absolute atomic E-state index is 13.0. The van der Waals surface area contributed by atoms with Gasteiger partial charge in [-0.3, -0.25) is 15.1 Å². The number of carbonyl (C=O) groups excluding carboxylic acids is 1. The molecule has 2 aliphatic heterocycles. The van der Waals surface area contributed by atoms with Crippen molar-refractivity contribution >= 4 is 5.91 Å². The molecule has 0 saturated carbocycles. The summed E-state index contributed by atoms with van der Waals surface area (Å²) in [6, 6.07) is 6.63. The van der Waals surface area contributed by atoms with Crippen molar-refractivity contribution < 1.29 is 22.7 Å². The molecule has 1 amide bonds. The van der Waals surface area contributed by atoms with Crippen LogP contribution in [-0.2, 0) is 11.0 Å². The number of halogens is 3. The Bertz CT molecular complexity index is 1010. The first kappa shape index (κ1) is 22.6. The Morgan fingerprint density at radius 3 is 2.38 bits per heavy atom. The number of nitrogens with zero attached hydrogens (tertiary/aromatic N) is 2. The number of nitrogens with one attached hydrogen (secondary N) is 1. The van der Waals surface area contributed by atoms with Crippen molar-refractivity contribution in [3.8, 4) is 16.9 Å². The molecule has 2 aliphatic rings. The summed E-state index contributed by atoms with van der Waals surface area (Å²) in [5.74, 6) is 0.630. The predicted molar refractivity (Wildman–Crippen MR) is 115 cm³/mol. The molecule has 3 heterocycles. The lowest BCUT2D eigenvalue weighted by molar-refractivity contribution is -0.137. The summed E-state index contributed by atoms with van der Waals surface area (Å²) < 4.78 is 45.4. The van der Waals surface area contributed by atoms with Gasteiger partial charge in [-0.2, -0.15) is 13.2 Å². The van der Waals surface area contributed by atoms with E-state index >= 15 is 0 Å². The molecule has 172 valence electrons. The Morgan fingerprint density at radius 1 is 1.12 bits per heavy atom. The maximum atomic E-state index is 13.0. The van der Waals surface area contributed by atoms with Gasteiger partial charge in [0, 0.05) is 25.4 Å². The Hall–Kier alpha value is -2.61. The van der Waals surface area contributed by atoms with Crippen LogP contribution in [0.2, 0.25) is 0 Å². The lowest BCUT2D eigenvalue weighted by atomic mass is 9.96. The third-order valence-electron chi connectivity index (χ3n) is 6.13. The number of rotatable bonds is 3. The van der Waals surface area contributed by atoms with E-state index in [-0.39, 0.29) is 11.9 Å². The van der Waals surface area contributed by atoms with E-state index in [2.05, 4.69) is 10.3 Å². The number of hydrogen-bond donors (Lipinski definition) is 1. The zero-order chi connectivity index (χ0) is 23.3. The summed E-state index contributed by atoms with van der Waals surface area (Å²) in [4.78, 5) is 19.1. The first-order valence-corrected chi connectivity index (χ1v) is 10.8. The van der Waals surface area contributed by atoms with Gasteiger partial charge in [0.25, 0.3) is 0 Å². The van der Waals surface area contributed by atoms with Crippen LogP contribution in [0.3, 0.4) is 0 Å². The SMILES string of the molecule is CN1CC[C@]2(CC[C@@H](c3nccc(-c4ccc(C(F)(F)F)cc4)c3OC(C)(C)C)N2)C1=O. The summed E-state index contributed by atoms with van der Waals surface area (Å²) in [5.41, 5.74) is 0.151. The lowest BCUT2D eigenvalue weighted by Gasteiger charge is -2.28. The Morgan fingerprint density at radius 2 is 1.81 bits per heavy atom. The molecular formula is C24H28F3N3O2. The van der Waals surface area contributed by atoms with Crippen molar-refractivity contribution in [3.05, 3.63) is 47.8 Å². The van der Waals surface area contributed by atoms with E-state index in [4.69, 9.17) is 4.74 Å². The Labute approximate surface area is 186 Å². The highest BCUT2D eigenvalue weighted by atomic mass is 19.4. The molecule has 0 bridgehead atoms. The average molecular weight is 448 g/mol. The molecule has 8 heteroatoms. The van der Waals surface area contributed by atoms with E-state index in [0.717, 1.165) is 25.0 Å². The van der Waals surface area contributed by atoms with Crippen molar-refractivity contribution in [2.45, 2.75) is 63.4 Å². The van der Waals surface area contributed by atoms with Crippen molar-refractivity contribution in [2.75, 3.05) is 13.6 Å². The molecule has 2 atom stereocenters. The third-order valence-corrected chi connectivity index (χ3v) is 6.13. The van der Waals surface area contributed by atoms with E-state index in [1.54, 1.807) is 17.2 Å². The highest BCUT2D eigenvalue weighted by Crippen LogP contribution is 2.44. The standard InChI is InChI=1S/C24H28F3N3O2/c1-22(2,3)32-20-17(15-5-7-16(8-6-15)24(25,26)27)10-13-28-19(20)18-9-11-23(29-18)12-14-30(4)21(23)31/h5-8,10,13,18,29H,9,11-12,14H2,1-4H3/t18-,23+/m0/s1. The minimum Gasteiger partial charge on any atom is -0.486 e. The van der Waals surface area contributed by atoms with Gasteiger partial charge in [0.15, 0.2) is 5.75 Å². The fourth-order valence-corrected chi connectivity index (χ4v) is 4.56. The average Bonchev–Trinajstić information content (AvgIpc) is 3.26. The monoisotopic (exact) mass is 447 g/mol. The maximum Gasteiger partial charge on any atom is 0.416 e. The fraction of sp³-hybridized carbons (Fsp3) is 0.500. The van der Waals surface area contributed by atoms with E-state index in [9.17, 15) is 18.0 Å². The molecule has 4 rings (SSSR count). The summed E-state index contributed by atoms with van der Waals surface area (Å²) in [6.07, 6.45) is -0.568. The molecule has 5 nitrogen and oxygen atoms in total. The van der Waals surface area contributed by atoms with Gasteiger partial charge in [-0.25, -0.2) is 0 Å². The van der Waals surface area contributed by atoms with Crippen LogP contribution in [0.1, 0.15) is 57.3 Å². The van der Waals surface area contributed by atoms with Gasteiger partial charge in [-0.15, -0.1) is 0 Å². The number of likely N-dealkylation sites (N-methyl/N-ethyl adjacent to an activating group) is 1. The lowest BCUT2D eigenvalue weighted by Crippen LogP contribution is -2.47. The second-order valence-electron chi connectivity index (χ2n) is 9.66. The second kappa shape index (κ2) is 7.76. The number of pyridine rings is 1. The molecule has 2 fully saturated rings. The smallest absolute Gasteiger partial charge is 0.416 e. The number of benzene rings is 1. The van der Waals surface area contributed by atoms with Gasteiger partial charge < -0.3 is 9.64 Å². The van der Waals surface area contributed by atoms with Gasteiger partial charge in [0.2, 0.25) is 5.91 Å². The second-order valence-corrected chi connectivity index (χ2v) is 9.66. The zero-order valence-corrected chi connectivity index (χ0v) is 18.7. The van der Waals surface area contributed by atoms with Crippen LogP contribution in [0.5, 0.6) is 5.75 Å². The summed E-state index contributed by atoms with van der Waals surface area (Å²) >= 11 is 0. The molecule has 1 N–H and O–H groups in total. The van der Waals surface area contributed by atoms with E-state index in [1.165, 1.54) is 12.1 Å². The first-order chi connectivity index (χ1) is 14.9. The van der Waals surface area contributed by atoms with Crippen LogP contribution >= 0.6 is 0 Å². The van der Waals surface area contributed by atoms with Crippen molar-refractivity contribution in [1.29, 1.82) is 0 Å². The Kier molecular flexibility index (Phi) is 5.48. The predicted octanol–water partition coefficient (Wildman–Crippen LogP) is 4.97. The fourth-order valence-electron chi connectivity index (χ4n) is 4.56. The van der Waals surface area contributed by atoms with E-state index in [0.29, 0.717) is 35.5 Å². The van der Waals surface area contributed by atoms with Gasteiger partial charge in [0.1, 0.15) is 11.1 Å². The van der Waals surface area contributed by atoms with Crippen molar-refractivity contribution in [1.82, 2.24) is 15.2 Å². The van der Waals surface area contributed by atoms with Gasteiger partial charge in [-0.1, -0.05) is 12.1 Å². The minimum absolute atomic E-state index is 0.0946. The third kappa shape index (κ3) is 4.20. The normalized spacial score (nSPS) is 23.9. The molecule has 1 aromatic heterocycles. The zero-order valence-electron chi connectivity index (χ0n) is 18.7. The number of aromatic nitrogens is 1. The summed E-state index contributed by atoms with van der Waals surface area (Å²) in [6.45, 7) is 6.46. The van der Waals surface area contributed by atoms with Crippen LogP contribution in [0, 0.1) is 0 Å². The summed E-state index contributed by atoms with van der Waals surface area (Å²) in [5, 5.41) is 3.51. The van der Waals surface area contributed by atoms with Gasteiger partial charge >= 0.3 is 6.18 Å². The number of alkyl halides is 3. The van der Waals surface area contributed by atoms with Crippen LogP contribution in [0.15, 0.2) is 36.5 Å². The number of carbonyl (C=O) groups is 1. The molecule has 2 saturated heterocycles. The number of hydrogen-bond acceptors (Lipinski definition) is 4. The molecule has 1 aromatic carbocycles. The minimum atomic E-state index is -4.39. The number of ether oxygens (including phenoxy) is 1. The van der Waals surface area contributed by atoms with E-state index in [1.807, 2.05) is 27.8 Å². The van der Waals surface area contributed by atoms with Crippen molar-refractivity contribution in [2.24, 2.45) is 0 Å². The molecule has 32 heavy (non-hydrogen) atoms. The van der Waals surface area contributed by atoms with Crippen LogP contribution in [0.4, 0.5) is 13.2 Å². The molecule has 1 spiro atoms. The van der Waals surface area contributed by atoms with Gasteiger partial charge in [-0.05, 0) is 63.8 Å². The number of likely N-dealkylation sites (tertiary alicyclic amines) is 1. The Balaban J connectivity index is 1.73. The molecule has 0 aliphatic carbocycles. The van der Waals surface area contributed by atoms with Gasteiger partial charge in [0.05, 0.1) is 17.3 Å². The van der Waals surface area contributed by atoms with Crippen molar-refractivity contribution in [3.63, 3.8) is 0 Å². The summed E-state index contributed by atoms with van der Waals surface area (Å²) in [7, 11) is 1.81. The molecule has 0 unspecified atom stereocenters. The molecule has 2 aromatic rings. The topological polar surface area (TPSA) is 54.5 Å².